The van der Waals surface area contributed by atoms with Gasteiger partial charge >= 0.3 is 0 Å². The van der Waals surface area contributed by atoms with E-state index in [4.69, 9.17) is 17.3 Å². The van der Waals surface area contributed by atoms with Crippen molar-refractivity contribution in [2.75, 3.05) is 10.2 Å². The first kappa shape index (κ1) is 21.4. The molecule has 2 unspecified atom stereocenters. The molecule has 2 atom stereocenters. The van der Waals surface area contributed by atoms with Crippen molar-refractivity contribution in [2.24, 2.45) is 11.7 Å². The molecule has 1 aromatic carbocycles. The summed E-state index contributed by atoms with van der Waals surface area (Å²) in [5.74, 6) is -0.488. The summed E-state index contributed by atoms with van der Waals surface area (Å²) in [4.78, 5) is 38.2. The number of carbonyl (C=O) groups is 3. The van der Waals surface area contributed by atoms with E-state index in [1.54, 1.807) is 18.2 Å². The van der Waals surface area contributed by atoms with E-state index in [-0.39, 0.29) is 36.1 Å². The molecule has 3 amide bonds. The molecule has 29 heavy (non-hydrogen) atoms. The summed E-state index contributed by atoms with van der Waals surface area (Å²) in [5, 5.41) is 3.91. The standard InChI is InChI=1S/C22H28ClN3O3/c1-3-13(2)18(10-11-20(24)27)25-19-12-14(8-9-17(19)23)26-21(28)15-6-4-5-7-16(15)22(26)29/h8-9,12-13,18,25H,3-7,10-11H2,1-2H3,(H2,24,27). The number of hydrogen-bond donors (Lipinski definition) is 2. The average Bonchev–Trinajstić information content (AvgIpc) is 2.96. The Morgan fingerprint density at radius 3 is 2.38 bits per heavy atom. The van der Waals surface area contributed by atoms with E-state index in [0.29, 0.717) is 46.8 Å². The Balaban J connectivity index is 1.85. The Bertz CT molecular complexity index is 837. The predicted octanol–water partition coefficient (Wildman–Crippen LogP) is 4.18. The predicted molar refractivity (Wildman–Crippen MR) is 115 cm³/mol. The van der Waals surface area contributed by atoms with Gasteiger partial charge in [-0.05, 0) is 56.2 Å². The molecule has 0 aromatic heterocycles. The molecule has 3 rings (SSSR count). The van der Waals surface area contributed by atoms with Gasteiger partial charge in [0, 0.05) is 23.6 Å². The lowest BCUT2D eigenvalue weighted by Gasteiger charge is -2.26. The maximum Gasteiger partial charge on any atom is 0.261 e. The molecule has 0 radical (unpaired) electrons. The summed E-state index contributed by atoms with van der Waals surface area (Å²) in [5.41, 5.74) is 7.79. The van der Waals surface area contributed by atoms with E-state index in [2.05, 4.69) is 19.2 Å². The third-order valence-corrected chi connectivity index (χ3v) is 6.30. The first-order valence-electron chi connectivity index (χ1n) is 10.3. The van der Waals surface area contributed by atoms with Crippen LogP contribution in [0.1, 0.15) is 58.8 Å². The summed E-state index contributed by atoms with van der Waals surface area (Å²) < 4.78 is 0. The number of halogens is 1. The Morgan fingerprint density at radius 1 is 1.21 bits per heavy atom. The van der Waals surface area contributed by atoms with Crippen LogP contribution >= 0.6 is 11.6 Å². The highest BCUT2D eigenvalue weighted by Crippen LogP contribution is 2.38. The van der Waals surface area contributed by atoms with Gasteiger partial charge < -0.3 is 11.1 Å². The van der Waals surface area contributed by atoms with Gasteiger partial charge in [0.1, 0.15) is 0 Å². The first-order chi connectivity index (χ1) is 13.8. The topological polar surface area (TPSA) is 92.5 Å². The van der Waals surface area contributed by atoms with Gasteiger partial charge in [-0.15, -0.1) is 0 Å². The third kappa shape index (κ3) is 4.47. The van der Waals surface area contributed by atoms with Gasteiger partial charge in [0.25, 0.3) is 11.8 Å². The minimum atomic E-state index is -0.343. The van der Waals surface area contributed by atoms with Crippen molar-refractivity contribution in [1.29, 1.82) is 0 Å². The highest BCUT2D eigenvalue weighted by atomic mass is 35.5. The summed E-state index contributed by atoms with van der Waals surface area (Å²) in [6.07, 6.45) is 5.00. The molecule has 1 aliphatic heterocycles. The SMILES string of the molecule is CCC(C)C(CCC(N)=O)Nc1cc(N2C(=O)C3=C(CCCC3)C2=O)ccc1Cl. The van der Waals surface area contributed by atoms with E-state index in [0.717, 1.165) is 19.3 Å². The van der Waals surface area contributed by atoms with Crippen LogP contribution in [0, 0.1) is 5.92 Å². The Hall–Kier alpha value is -2.34. The summed E-state index contributed by atoms with van der Waals surface area (Å²) >= 11 is 6.40. The van der Waals surface area contributed by atoms with Crippen molar-refractivity contribution in [3.63, 3.8) is 0 Å². The lowest BCUT2D eigenvalue weighted by molar-refractivity contribution is -0.121. The van der Waals surface area contributed by atoms with Gasteiger partial charge in [-0.3, -0.25) is 14.4 Å². The fraction of sp³-hybridized carbons (Fsp3) is 0.500. The van der Waals surface area contributed by atoms with Crippen LogP contribution in [0.15, 0.2) is 29.3 Å². The number of nitrogens with two attached hydrogens (primary N) is 1. The molecule has 0 saturated heterocycles. The van der Waals surface area contributed by atoms with Crippen LogP contribution < -0.4 is 16.0 Å². The van der Waals surface area contributed by atoms with Crippen molar-refractivity contribution >= 4 is 40.7 Å². The van der Waals surface area contributed by atoms with E-state index >= 15 is 0 Å². The second-order valence-electron chi connectivity index (χ2n) is 7.92. The number of nitrogens with one attached hydrogen (secondary N) is 1. The molecule has 1 aliphatic carbocycles. The van der Waals surface area contributed by atoms with Crippen LogP contribution in [0.3, 0.4) is 0 Å². The van der Waals surface area contributed by atoms with E-state index in [9.17, 15) is 14.4 Å². The maximum atomic E-state index is 12.8. The van der Waals surface area contributed by atoms with Crippen molar-refractivity contribution in [3.05, 3.63) is 34.4 Å². The molecular formula is C22H28ClN3O3. The molecular weight excluding hydrogens is 390 g/mol. The minimum Gasteiger partial charge on any atom is -0.381 e. The number of anilines is 2. The number of carbonyl (C=O) groups excluding carboxylic acids is 3. The molecule has 0 fully saturated rings. The molecule has 1 aromatic rings. The lowest BCUT2D eigenvalue weighted by atomic mass is 9.93. The van der Waals surface area contributed by atoms with E-state index < -0.39 is 0 Å². The highest BCUT2D eigenvalue weighted by Gasteiger charge is 2.39. The Morgan fingerprint density at radius 2 is 1.83 bits per heavy atom. The summed E-state index contributed by atoms with van der Waals surface area (Å²) in [6.45, 7) is 4.18. The van der Waals surface area contributed by atoms with Gasteiger partial charge in [0.05, 0.1) is 16.4 Å². The van der Waals surface area contributed by atoms with Gasteiger partial charge in [-0.2, -0.15) is 0 Å². The summed E-state index contributed by atoms with van der Waals surface area (Å²) in [6, 6.07) is 5.13. The second-order valence-corrected chi connectivity index (χ2v) is 8.32. The number of hydrogen-bond acceptors (Lipinski definition) is 4. The largest absolute Gasteiger partial charge is 0.381 e. The molecule has 7 heteroatoms. The number of primary amides is 1. The van der Waals surface area contributed by atoms with Crippen LogP contribution in [0.5, 0.6) is 0 Å². The van der Waals surface area contributed by atoms with Gasteiger partial charge in [0.15, 0.2) is 0 Å². The fourth-order valence-corrected chi connectivity index (χ4v) is 4.19. The number of benzene rings is 1. The Labute approximate surface area is 176 Å². The molecule has 0 saturated carbocycles. The second kappa shape index (κ2) is 8.99. The first-order valence-corrected chi connectivity index (χ1v) is 10.7. The van der Waals surface area contributed by atoms with Crippen molar-refractivity contribution in [1.82, 2.24) is 0 Å². The number of nitrogens with zero attached hydrogens (tertiary/aromatic N) is 1. The lowest BCUT2D eigenvalue weighted by Crippen LogP contribution is -2.32. The van der Waals surface area contributed by atoms with E-state index in [1.807, 2.05) is 0 Å². The van der Waals surface area contributed by atoms with Crippen LogP contribution in [-0.4, -0.2) is 23.8 Å². The highest BCUT2D eigenvalue weighted by molar-refractivity contribution is 6.35. The Kier molecular flexibility index (Phi) is 6.63. The van der Waals surface area contributed by atoms with Gasteiger partial charge in [0.2, 0.25) is 5.91 Å². The number of rotatable bonds is 8. The smallest absolute Gasteiger partial charge is 0.261 e. The van der Waals surface area contributed by atoms with Crippen molar-refractivity contribution in [3.8, 4) is 0 Å². The molecule has 6 nitrogen and oxygen atoms in total. The molecule has 1 heterocycles. The van der Waals surface area contributed by atoms with Gasteiger partial charge in [-0.1, -0.05) is 31.9 Å². The zero-order valence-electron chi connectivity index (χ0n) is 17.0. The van der Waals surface area contributed by atoms with Gasteiger partial charge in [-0.25, -0.2) is 4.90 Å². The fourth-order valence-electron chi connectivity index (χ4n) is 4.02. The quantitative estimate of drug-likeness (QED) is 0.620. The third-order valence-electron chi connectivity index (χ3n) is 5.97. The summed E-state index contributed by atoms with van der Waals surface area (Å²) in [7, 11) is 0. The van der Waals surface area contributed by atoms with Crippen LogP contribution in [-0.2, 0) is 14.4 Å². The van der Waals surface area contributed by atoms with Crippen LogP contribution in [0.2, 0.25) is 5.02 Å². The number of amides is 3. The maximum absolute atomic E-state index is 12.8. The van der Waals surface area contributed by atoms with Crippen LogP contribution in [0.25, 0.3) is 0 Å². The van der Waals surface area contributed by atoms with Crippen molar-refractivity contribution in [2.45, 2.75) is 64.8 Å². The average molecular weight is 418 g/mol. The molecule has 2 aliphatic rings. The molecule has 0 spiro atoms. The molecule has 0 bridgehead atoms. The normalized spacial score (nSPS) is 18.7. The number of imide groups is 1. The molecule has 156 valence electrons. The zero-order chi connectivity index (χ0) is 21.1. The minimum absolute atomic E-state index is 0.00318. The molecule has 3 N–H and O–H groups in total. The monoisotopic (exact) mass is 417 g/mol. The van der Waals surface area contributed by atoms with E-state index in [1.165, 1.54) is 4.90 Å². The van der Waals surface area contributed by atoms with Crippen molar-refractivity contribution < 1.29 is 14.4 Å². The van der Waals surface area contributed by atoms with Crippen LogP contribution in [0.4, 0.5) is 11.4 Å². The zero-order valence-corrected chi connectivity index (χ0v) is 17.7.